The third-order valence-electron chi connectivity index (χ3n) is 5.69. The molecule has 7 nitrogen and oxygen atoms in total. The SMILES string of the molecule is CCNC(=NCC(=O)N(C)CCc1ccccn1)N1CCOC(c2ccc(C)cc2C)C1.I. The van der Waals surface area contributed by atoms with Crippen LogP contribution in [0.25, 0.3) is 0 Å². The van der Waals surface area contributed by atoms with Gasteiger partial charge in [0.1, 0.15) is 12.6 Å². The summed E-state index contributed by atoms with van der Waals surface area (Å²) in [5.41, 5.74) is 4.68. The molecule has 1 amide bonds. The zero-order valence-corrected chi connectivity index (χ0v) is 22.4. The smallest absolute Gasteiger partial charge is 0.244 e. The molecule has 0 aliphatic carbocycles. The quantitative estimate of drug-likeness (QED) is 0.317. The first-order valence-corrected chi connectivity index (χ1v) is 11.3. The molecule has 1 aromatic heterocycles. The van der Waals surface area contributed by atoms with Crippen LogP contribution in [-0.2, 0) is 16.0 Å². The van der Waals surface area contributed by atoms with Crippen molar-refractivity contribution < 1.29 is 9.53 Å². The van der Waals surface area contributed by atoms with Crippen LogP contribution < -0.4 is 5.32 Å². The number of carbonyl (C=O) groups is 1. The Morgan fingerprint density at radius 3 is 2.82 bits per heavy atom. The number of aryl methyl sites for hydroxylation is 2. The second-order valence-electron chi connectivity index (χ2n) is 8.22. The van der Waals surface area contributed by atoms with Crippen LogP contribution in [0.15, 0.2) is 47.6 Å². The summed E-state index contributed by atoms with van der Waals surface area (Å²) >= 11 is 0. The van der Waals surface area contributed by atoms with Gasteiger partial charge in [-0.2, -0.15) is 0 Å². The summed E-state index contributed by atoms with van der Waals surface area (Å²) in [6.07, 6.45) is 2.50. The van der Waals surface area contributed by atoms with E-state index in [1.165, 1.54) is 16.7 Å². The van der Waals surface area contributed by atoms with Gasteiger partial charge in [-0.25, -0.2) is 4.99 Å². The van der Waals surface area contributed by atoms with Crippen LogP contribution in [0.2, 0.25) is 0 Å². The lowest BCUT2D eigenvalue weighted by molar-refractivity contribution is -0.128. The highest BCUT2D eigenvalue weighted by atomic mass is 127. The zero-order chi connectivity index (χ0) is 22.9. The summed E-state index contributed by atoms with van der Waals surface area (Å²) in [4.78, 5) is 25.5. The van der Waals surface area contributed by atoms with Crippen molar-refractivity contribution >= 4 is 35.8 Å². The number of aliphatic imine (C=N–C) groups is 1. The molecule has 0 saturated carbocycles. The third kappa shape index (κ3) is 7.96. The maximum Gasteiger partial charge on any atom is 0.244 e. The molecule has 1 fully saturated rings. The molecule has 1 unspecified atom stereocenters. The van der Waals surface area contributed by atoms with Crippen LogP contribution in [0.4, 0.5) is 0 Å². The first-order chi connectivity index (χ1) is 15.5. The lowest BCUT2D eigenvalue weighted by Gasteiger charge is -2.36. The fourth-order valence-electron chi connectivity index (χ4n) is 3.86. The van der Waals surface area contributed by atoms with Gasteiger partial charge in [0.05, 0.1) is 13.2 Å². The number of halogens is 1. The molecule has 0 radical (unpaired) electrons. The van der Waals surface area contributed by atoms with Crippen molar-refractivity contribution in [3.8, 4) is 0 Å². The summed E-state index contributed by atoms with van der Waals surface area (Å²) in [7, 11) is 1.82. The molecule has 1 atom stereocenters. The number of likely N-dealkylation sites (N-methyl/N-ethyl adjacent to an activating group) is 1. The maximum atomic E-state index is 12.6. The zero-order valence-electron chi connectivity index (χ0n) is 20.1. The number of pyridine rings is 1. The Morgan fingerprint density at radius 1 is 1.30 bits per heavy atom. The predicted molar refractivity (Wildman–Crippen MR) is 143 cm³/mol. The van der Waals surface area contributed by atoms with E-state index < -0.39 is 0 Å². The van der Waals surface area contributed by atoms with Gasteiger partial charge < -0.3 is 19.9 Å². The van der Waals surface area contributed by atoms with Crippen molar-refractivity contribution in [1.82, 2.24) is 20.1 Å². The van der Waals surface area contributed by atoms with Gasteiger partial charge in [0.25, 0.3) is 0 Å². The molecule has 8 heteroatoms. The largest absolute Gasteiger partial charge is 0.370 e. The number of hydrogen-bond acceptors (Lipinski definition) is 4. The average Bonchev–Trinajstić information content (AvgIpc) is 2.80. The number of amides is 1. The van der Waals surface area contributed by atoms with Gasteiger partial charge in [0.15, 0.2) is 5.96 Å². The van der Waals surface area contributed by atoms with Crippen LogP contribution in [0.1, 0.15) is 35.4 Å². The highest BCUT2D eigenvalue weighted by Gasteiger charge is 2.25. The highest BCUT2D eigenvalue weighted by molar-refractivity contribution is 14.0. The molecule has 3 rings (SSSR count). The third-order valence-corrected chi connectivity index (χ3v) is 5.69. The lowest BCUT2D eigenvalue weighted by Crippen LogP contribution is -2.48. The Morgan fingerprint density at radius 2 is 2.12 bits per heavy atom. The molecule has 180 valence electrons. The first-order valence-electron chi connectivity index (χ1n) is 11.3. The number of benzene rings is 1. The second-order valence-corrected chi connectivity index (χ2v) is 8.22. The van der Waals surface area contributed by atoms with E-state index in [0.29, 0.717) is 19.7 Å². The minimum Gasteiger partial charge on any atom is -0.370 e. The van der Waals surface area contributed by atoms with Gasteiger partial charge in [0.2, 0.25) is 5.91 Å². The number of guanidine groups is 1. The molecular formula is C25H36IN5O2. The maximum absolute atomic E-state index is 12.6. The first kappa shape index (κ1) is 27.0. The molecule has 2 heterocycles. The van der Waals surface area contributed by atoms with E-state index in [1.54, 1.807) is 11.1 Å². The van der Waals surface area contributed by atoms with E-state index in [1.807, 2.05) is 32.2 Å². The Hall–Kier alpha value is -2.20. The predicted octanol–water partition coefficient (Wildman–Crippen LogP) is 3.36. The molecular weight excluding hydrogens is 529 g/mol. The highest BCUT2D eigenvalue weighted by Crippen LogP contribution is 2.25. The molecule has 1 N–H and O–H groups in total. The molecule has 0 bridgehead atoms. The van der Waals surface area contributed by atoms with E-state index in [-0.39, 0.29) is 42.5 Å². The Labute approximate surface area is 214 Å². The number of hydrogen-bond donors (Lipinski definition) is 1. The van der Waals surface area contributed by atoms with Crippen molar-refractivity contribution in [2.24, 2.45) is 4.99 Å². The van der Waals surface area contributed by atoms with Crippen molar-refractivity contribution in [2.75, 3.05) is 46.4 Å². The number of morpholine rings is 1. The number of aromatic nitrogens is 1. The van der Waals surface area contributed by atoms with Crippen molar-refractivity contribution in [3.05, 3.63) is 65.0 Å². The van der Waals surface area contributed by atoms with Gasteiger partial charge in [-0.05, 0) is 44.0 Å². The van der Waals surface area contributed by atoms with E-state index in [0.717, 1.165) is 31.2 Å². The number of nitrogens with one attached hydrogen (secondary N) is 1. The van der Waals surface area contributed by atoms with Gasteiger partial charge in [-0.15, -0.1) is 24.0 Å². The number of rotatable bonds is 7. The summed E-state index contributed by atoms with van der Waals surface area (Å²) in [5.74, 6) is 0.757. The van der Waals surface area contributed by atoms with Crippen molar-refractivity contribution in [1.29, 1.82) is 0 Å². The van der Waals surface area contributed by atoms with Gasteiger partial charge >= 0.3 is 0 Å². The molecule has 33 heavy (non-hydrogen) atoms. The molecule has 1 aromatic carbocycles. The van der Waals surface area contributed by atoms with Gasteiger partial charge in [-0.3, -0.25) is 9.78 Å². The van der Waals surface area contributed by atoms with Crippen LogP contribution >= 0.6 is 24.0 Å². The number of nitrogens with zero attached hydrogens (tertiary/aromatic N) is 4. The minimum atomic E-state index is -0.00930. The summed E-state index contributed by atoms with van der Waals surface area (Å²) < 4.78 is 6.08. The van der Waals surface area contributed by atoms with Crippen LogP contribution in [-0.4, -0.2) is 73.0 Å². The molecule has 0 spiro atoms. The Kier molecular flexibility index (Phi) is 11.1. The topological polar surface area (TPSA) is 70.1 Å². The minimum absolute atomic E-state index is 0. The number of ether oxygens (including phenoxy) is 1. The fraction of sp³-hybridized carbons (Fsp3) is 0.480. The van der Waals surface area contributed by atoms with Crippen molar-refractivity contribution in [2.45, 2.75) is 33.3 Å². The van der Waals surface area contributed by atoms with Crippen molar-refractivity contribution in [3.63, 3.8) is 0 Å². The fourth-order valence-corrected chi connectivity index (χ4v) is 3.86. The lowest BCUT2D eigenvalue weighted by atomic mass is 10.00. The summed E-state index contributed by atoms with van der Waals surface area (Å²) in [6.45, 7) is 9.83. The summed E-state index contributed by atoms with van der Waals surface area (Å²) in [6, 6.07) is 12.3. The monoisotopic (exact) mass is 565 g/mol. The molecule has 2 aromatic rings. The molecule has 1 aliphatic rings. The van der Waals surface area contributed by atoms with E-state index in [9.17, 15) is 4.79 Å². The van der Waals surface area contributed by atoms with Crippen LogP contribution in [0.3, 0.4) is 0 Å². The van der Waals surface area contributed by atoms with Gasteiger partial charge in [0, 0.05) is 45.0 Å². The second kappa shape index (κ2) is 13.5. The van der Waals surface area contributed by atoms with Crippen LogP contribution in [0.5, 0.6) is 0 Å². The molecule has 1 aliphatic heterocycles. The van der Waals surface area contributed by atoms with E-state index >= 15 is 0 Å². The summed E-state index contributed by atoms with van der Waals surface area (Å²) in [5, 5.41) is 3.34. The Bertz CT molecular complexity index is 922. The van der Waals surface area contributed by atoms with E-state index in [2.05, 4.69) is 52.2 Å². The number of carbonyl (C=O) groups excluding carboxylic acids is 1. The normalized spacial score (nSPS) is 16.2. The molecule has 1 saturated heterocycles. The average molecular weight is 566 g/mol. The van der Waals surface area contributed by atoms with E-state index in [4.69, 9.17) is 4.74 Å². The van der Waals surface area contributed by atoms with Gasteiger partial charge in [-0.1, -0.05) is 29.8 Å². The Balaban J connectivity index is 0.00000385. The van der Waals surface area contributed by atoms with Crippen LogP contribution in [0, 0.1) is 13.8 Å². The standard InChI is InChI=1S/C25H35N5O2.HI/c1-5-26-25(28-17-24(31)29(4)13-11-21-8-6-7-12-27-21)30-14-15-32-23(18-30)22-10-9-19(2)16-20(22)3;/h6-10,12,16,23H,5,11,13-15,17-18H2,1-4H3,(H,26,28);1H.